The number of hydrogen-bond acceptors (Lipinski definition) is 2. The van der Waals surface area contributed by atoms with Crippen molar-refractivity contribution in [2.75, 3.05) is 6.54 Å². The lowest BCUT2D eigenvalue weighted by molar-refractivity contribution is 0.0170. The van der Waals surface area contributed by atoms with Gasteiger partial charge >= 0.3 is 0 Å². The minimum atomic E-state index is -0.0539. The Hall–Kier alpha value is -0.930. The van der Waals surface area contributed by atoms with Gasteiger partial charge in [0.15, 0.2) is 0 Å². The smallest absolute Gasteiger partial charge is 0.127 e. The maximum absolute atomic E-state index is 13.9. The summed E-state index contributed by atoms with van der Waals surface area (Å²) in [5, 5.41) is 3.69. The number of benzene rings is 1. The van der Waals surface area contributed by atoms with Crippen LogP contribution < -0.4 is 5.32 Å². The van der Waals surface area contributed by atoms with Gasteiger partial charge in [-0.05, 0) is 44.7 Å². The molecule has 0 radical (unpaired) electrons. The van der Waals surface area contributed by atoms with Crippen molar-refractivity contribution in [3.05, 3.63) is 35.6 Å². The molecule has 0 aromatic heterocycles. The van der Waals surface area contributed by atoms with E-state index in [0.717, 1.165) is 18.7 Å². The van der Waals surface area contributed by atoms with Crippen LogP contribution in [-0.2, 0) is 6.54 Å². The minimum absolute atomic E-state index is 0.0539. The molecule has 2 aliphatic rings. The summed E-state index contributed by atoms with van der Waals surface area (Å²) in [5.74, 6) is -0.0539. The third kappa shape index (κ3) is 3.46. The molecule has 2 nitrogen and oxygen atoms in total. The van der Waals surface area contributed by atoms with Gasteiger partial charge in [0.05, 0.1) is 0 Å². The van der Waals surface area contributed by atoms with Gasteiger partial charge in [-0.3, -0.25) is 4.90 Å². The molecule has 2 fully saturated rings. The Morgan fingerprint density at radius 2 is 1.90 bits per heavy atom. The summed E-state index contributed by atoms with van der Waals surface area (Å²) in [6, 6.07) is 9.17. The normalized spacial score (nSPS) is 29.5. The molecule has 1 aromatic rings. The van der Waals surface area contributed by atoms with E-state index in [9.17, 15) is 4.39 Å². The highest BCUT2D eigenvalue weighted by atomic mass is 19.1. The Balaban J connectivity index is 1.68. The highest BCUT2D eigenvalue weighted by Gasteiger charge is 2.37. The van der Waals surface area contributed by atoms with Crippen LogP contribution in [0, 0.1) is 5.82 Å². The molecule has 0 aliphatic carbocycles. The number of nitrogens with zero attached hydrogens (tertiary/aromatic N) is 1. The van der Waals surface area contributed by atoms with Crippen LogP contribution in [0.25, 0.3) is 0 Å². The van der Waals surface area contributed by atoms with E-state index in [-0.39, 0.29) is 5.82 Å². The van der Waals surface area contributed by atoms with Crippen LogP contribution in [0.1, 0.15) is 51.0 Å². The summed E-state index contributed by atoms with van der Waals surface area (Å²) in [5.41, 5.74) is 0.856. The van der Waals surface area contributed by atoms with Gasteiger partial charge in [0, 0.05) is 30.2 Å². The molecule has 0 saturated carbocycles. The topological polar surface area (TPSA) is 15.3 Å². The lowest BCUT2D eigenvalue weighted by atomic mass is 9.81. The summed E-state index contributed by atoms with van der Waals surface area (Å²) in [6.45, 7) is 4.13. The quantitative estimate of drug-likeness (QED) is 0.889. The fourth-order valence-electron chi connectivity index (χ4n) is 4.08. The van der Waals surface area contributed by atoms with Crippen molar-refractivity contribution in [1.29, 1.82) is 0 Å². The number of nitrogens with one attached hydrogen (secondary N) is 1. The molecule has 2 saturated heterocycles. The van der Waals surface area contributed by atoms with Gasteiger partial charge in [-0.15, -0.1) is 0 Å². The highest BCUT2D eigenvalue weighted by molar-refractivity contribution is 5.18. The number of halogens is 1. The standard InChI is InChI=1S/C18H27FN2/c1-2-10-20-15-11-16-7-5-8-17(12-15)21(16)13-14-6-3-4-9-18(14)19/h3-4,6,9,15-17,20H,2,5,7-8,10-13H2,1H3. The fourth-order valence-corrected chi connectivity index (χ4v) is 4.08. The van der Waals surface area contributed by atoms with E-state index >= 15 is 0 Å². The highest BCUT2D eigenvalue weighted by Crippen LogP contribution is 2.35. The Labute approximate surface area is 127 Å². The SMILES string of the molecule is CCCNC1CC2CCCC(C1)N2Cc1ccccc1F. The van der Waals surface area contributed by atoms with Crippen LogP contribution in [0.5, 0.6) is 0 Å². The van der Waals surface area contributed by atoms with E-state index < -0.39 is 0 Å². The van der Waals surface area contributed by atoms with Gasteiger partial charge in [0.2, 0.25) is 0 Å². The molecule has 21 heavy (non-hydrogen) atoms. The zero-order valence-electron chi connectivity index (χ0n) is 13.0. The molecule has 3 rings (SSSR count). The Morgan fingerprint density at radius 1 is 1.19 bits per heavy atom. The predicted octanol–water partition coefficient (Wildman–Crippen LogP) is 3.71. The Morgan fingerprint density at radius 3 is 2.57 bits per heavy atom. The lowest BCUT2D eigenvalue weighted by Gasteiger charge is -2.49. The van der Waals surface area contributed by atoms with E-state index in [1.165, 1.54) is 38.5 Å². The van der Waals surface area contributed by atoms with Crippen molar-refractivity contribution >= 4 is 0 Å². The largest absolute Gasteiger partial charge is 0.314 e. The molecule has 2 aliphatic heterocycles. The maximum Gasteiger partial charge on any atom is 0.127 e. The minimum Gasteiger partial charge on any atom is -0.314 e. The maximum atomic E-state index is 13.9. The second-order valence-corrected chi connectivity index (χ2v) is 6.62. The molecule has 1 N–H and O–H groups in total. The molecule has 2 unspecified atom stereocenters. The molecular formula is C18H27FN2. The van der Waals surface area contributed by atoms with Crippen LogP contribution in [0.4, 0.5) is 4.39 Å². The van der Waals surface area contributed by atoms with E-state index in [1.807, 2.05) is 12.1 Å². The lowest BCUT2D eigenvalue weighted by Crippen LogP contribution is -2.55. The summed E-state index contributed by atoms with van der Waals surface area (Å²) in [6.07, 6.45) is 7.54. The van der Waals surface area contributed by atoms with E-state index in [4.69, 9.17) is 0 Å². The van der Waals surface area contributed by atoms with Gasteiger partial charge < -0.3 is 5.32 Å². The van der Waals surface area contributed by atoms with Crippen molar-refractivity contribution in [1.82, 2.24) is 10.2 Å². The van der Waals surface area contributed by atoms with Gasteiger partial charge in [-0.25, -0.2) is 4.39 Å². The first-order valence-corrected chi connectivity index (χ1v) is 8.50. The molecule has 0 amide bonds. The third-order valence-electron chi connectivity index (χ3n) is 5.12. The Kier molecular flexibility index (Phi) is 4.91. The summed E-state index contributed by atoms with van der Waals surface area (Å²) in [4.78, 5) is 2.58. The number of hydrogen-bond donors (Lipinski definition) is 1. The van der Waals surface area contributed by atoms with Gasteiger partial charge in [0.1, 0.15) is 5.82 Å². The average Bonchev–Trinajstić information content (AvgIpc) is 2.47. The molecule has 2 bridgehead atoms. The van der Waals surface area contributed by atoms with Crippen molar-refractivity contribution < 1.29 is 4.39 Å². The number of rotatable bonds is 5. The van der Waals surface area contributed by atoms with Crippen molar-refractivity contribution in [3.8, 4) is 0 Å². The zero-order chi connectivity index (χ0) is 14.7. The Bertz CT molecular complexity index is 448. The van der Waals surface area contributed by atoms with Crippen molar-refractivity contribution in [2.45, 2.75) is 70.1 Å². The number of piperidine rings is 2. The van der Waals surface area contributed by atoms with Gasteiger partial charge in [-0.1, -0.05) is 31.5 Å². The molecule has 2 heterocycles. The van der Waals surface area contributed by atoms with Crippen molar-refractivity contribution in [3.63, 3.8) is 0 Å². The second-order valence-electron chi connectivity index (χ2n) is 6.62. The zero-order valence-corrected chi connectivity index (χ0v) is 13.0. The number of fused-ring (bicyclic) bond motifs is 2. The molecule has 2 atom stereocenters. The predicted molar refractivity (Wildman–Crippen MR) is 84.7 cm³/mol. The van der Waals surface area contributed by atoms with Gasteiger partial charge in [0.25, 0.3) is 0 Å². The molecule has 0 spiro atoms. The third-order valence-corrected chi connectivity index (χ3v) is 5.12. The molecular weight excluding hydrogens is 263 g/mol. The van der Waals surface area contributed by atoms with Crippen LogP contribution in [0.3, 0.4) is 0 Å². The fraction of sp³-hybridized carbons (Fsp3) is 0.667. The first-order chi connectivity index (χ1) is 10.3. The first kappa shape index (κ1) is 15.0. The van der Waals surface area contributed by atoms with Gasteiger partial charge in [-0.2, -0.15) is 0 Å². The second kappa shape index (κ2) is 6.89. The van der Waals surface area contributed by atoms with Crippen LogP contribution in [0.15, 0.2) is 24.3 Å². The molecule has 116 valence electrons. The average molecular weight is 290 g/mol. The van der Waals surface area contributed by atoms with Crippen molar-refractivity contribution in [2.24, 2.45) is 0 Å². The summed E-state index contributed by atoms with van der Waals surface area (Å²) >= 11 is 0. The molecule has 1 aromatic carbocycles. The van der Waals surface area contributed by atoms with Crippen LogP contribution in [0.2, 0.25) is 0 Å². The summed E-state index contributed by atoms with van der Waals surface area (Å²) < 4.78 is 13.9. The first-order valence-electron chi connectivity index (χ1n) is 8.50. The van der Waals surface area contributed by atoms with E-state index in [0.29, 0.717) is 18.1 Å². The van der Waals surface area contributed by atoms with Crippen LogP contribution >= 0.6 is 0 Å². The van der Waals surface area contributed by atoms with E-state index in [1.54, 1.807) is 12.1 Å². The molecule has 3 heteroatoms. The van der Waals surface area contributed by atoms with Crippen LogP contribution in [-0.4, -0.2) is 29.6 Å². The van der Waals surface area contributed by atoms with E-state index in [2.05, 4.69) is 17.1 Å². The summed E-state index contributed by atoms with van der Waals surface area (Å²) in [7, 11) is 0. The monoisotopic (exact) mass is 290 g/mol.